The van der Waals surface area contributed by atoms with E-state index >= 15 is 0 Å². The van der Waals surface area contributed by atoms with Gasteiger partial charge in [0.05, 0.1) is 6.42 Å². The number of hydrogen-bond acceptors (Lipinski definition) is 3. The first kappa shape index (κ1) is 16.2. The zero-order valence-corrected chi connectivity index (χ0v) is 9.44. The number of ketones is 1. The number of rotatable bonds is 3. The fourth-order valence-electron chi connectivity index (χ4n) is 1.50. The second kappa shape index (κ2) is 4.89. The molecule has 0 spiro atoms. The maximum Gasteiger partial charge on any atom is 0.459 e. The predicted molar refractivity (Wildman–Crippen MR) is 45.9 cm³/mol. The van der Waals surface area contributed by atoms with Crippen LogP contribution in [0.15, 0.2) is 0 Å². The van der Waals surface area contributed by atoms with Gasteiger partial charge >= 0.3 is 18.0 Å². The number of methoxy groups -OCH3 is 1. The molecule has 0 saturated carbocycles. The van der Waals surface area contributed by atoms with Crippen LogP contribution in [0.5, 0.6) is 0 Å². The Labute approximate surface area is 102 Å². The third-order valence-corrected chi connectivity index (χ3v) is 2.57. The minimum atomic E-state index is -6.46. The third-order valence-electron chi connectivity index (χ3n) is 2.57. The van der Waals surface area contributed by atoms with Gasteiger partial charge in [0.15, 0.2) is 6.29 Å². The lowest BCUT2D eigenvalue weighted by molar-refractivity contribution is -0.382. The van der Waals surface area contributed by atoms with Gasteiger partial charge in [-0.3, -0.25) is 4.79 Å². The van der Waals surface area contributed by atoms with Crippen molar-refractivity contribution in [3.63, 3.8) is 0 Å². The Morgan fingerprint density at radius 1 is 1.11 bits per heavy atom. The highest BCUT2D eigenvalue weighted by Gasteiger charge is 2.76. The minimum Gasteiger partial charge on any atom is -0.355 e. The minimum absolute atomic E-state index is 0.485. The zero-order chi connectivity index (χ0) is 15.1. The number of carbonyl (C=O) groups is 1. The van der Waals surface area contributed by atoms with E-state index < -0.39 is 49.0 Å². The van der Waals surface area contributed by atoms with E-state index in [1.807, 2.05) is 0 Å². The highest BCUT2D eigenvalue weighted by molar-refractivity contribution is 5.80. The van der Waals surface area contributed by atoms with Crippen molar-refractivity contribution in [1.82, 2.24) is 0 Å². The van der Waals surface area contributed by atoms with Crippen molar-refractivity contribution in [2.24, 2.45) is 0 Å². The molecule has 0 radical (unpaired) electrons. The van der Waals surface area contributed by atoms with Crippen molar-refractivity contribution < 1.29 is 45.0 Å². The van der Waals surface area contributed by atoms with Crippen LogP contribution >= 0.6 is 0 Å². The van der Waals surface area contributed by atoms with Gasteiger partial charge in [-0.1, -0.05) is 0 Å². The largest absolute Gasteiger partial charge is 0.459 e. The topological polar surface area (TPSA) is 35.5 Å². The second-order valence-corrected chi connectivity index (χ2v) is 3.93. The van der Waals surface area contributed by atoms with E-state index in [1.165, 1.54) is 0 Å². The molecule has 0 bridgehead atoms. The maximum atomic E-state index is 13.3. The number of hydrogen-bond donors (Lipinski definition) is 0. The number of halogens is 7. The zero-order valence-electron chi connectivity index (χ0n) is 9.44. The molecule has 0 amide bonds. The molecule has 19 heavy (non-hydrogen) atoms. The lowest BCUT2D eigenvalue weighted by Crippen LogP contribution is -2.60. The first-order valence-electron chi connectivity index (χ1n) is 4.95. The normalized spacial score (nSPS) is 26.6. The second-order valence-electron chi connectivity index (χ2n) is 3.93. The molecular formula is C9H9F7O3. The van der Waals surface area contributed by atoms with Crippen molar-refractivity contribution in [3.8, 4) is 0 Å². The van der Waals surface area contributed by atoms with E-state index in [9.17, 15) is 35.5 Å². The van der Waals surface area contributed by atoms with Crippen molar-refractivity contribution in [2.45, 2.75) is 43.3 Å². The average Bonchev–Trinajstić information content (AvgIpc) is 2.26. The third kappa shape index (κ3) is 2.83. The molecule has 3 nitrogen and oxygen atoms in total. The Kier molecular flexibility index (Phi) is 4.16. The molecule has 112 valence electrons. The van der Waals surface area contributed by atoms with E-state index in [1.54, 1.807) is 0 Å². The summed E-state index contributed by atoms with van der Waals surface area (Å²) in [5.41, 5.74) is 0. The Morgan fingerprint density at radius 3 is 2.05 bits per heavy atom. The predicted octanol–water partition coefficient (Wildman–Crippen LogP) is 2.54. The van der Waals surface area contributed by atoms with E-state index in [-0.39, 0.29) is 0 Å². The van der Waals surface area contributed by atoms with Gasteiger partial charge in [-0.25, -0.2) is 0 Å². The molecule has 1 heterocycles. The van der Waals surface area contributed by atoms with Gasteiger partial charge in [-0.2, -0.15) is 30.7 Å². The summed E-state index contributed by atoms with van der Waals surface area (Å²) in [5.74, 6) is -12.8. The maximum absolute atomic E-state index is 13.3. The Hall–Kier alpha value is -0.900. The summed E-state index contributed by atoms with van der Waals surface area (Å²) in [6, 6.07) is 0. The summed E-state index contributed by atoms with van der Waals surface area (Å²) < 4.78 is 96.6. The molecule has 2 atom stereocenters. The highest BCUT2D eigenvalue weighted by Crippen LogP contribution is 2.50. The lowest BCUT2D eigenvalue weighted by Gasteiger charge is -2.37. The van der Waals surface area contributed by atoms with Crippen molar-refractivity contribution >= 4 is 5.78 Å². The van der Waals surface area contributed by atoms with Gasteiger partial charge in [0, 0.05) is 13.5 Å². The standard InChI is InChI=1S/C9H9F7O3/c1-18-6-3-4(17)2-5(19-6)7(10,11)8(12,13)9(14,15)16/h5-6H,2-3H2,1H3/t5-,6-/m1/s1. The Morgan fingerprint density at radius 2 is 1.63 bits per heavy atom. The molecule has 1 fully saturated rings. The number of Topliss-reactive ketones (excluding diaryl/α,β-unsaturated/α-hetero) is 1. The molecule has 10 heteroatoms. The highest BCUT2D eigenvalue weighted by atomic mass is 19.4. The van der Waals surface area contributed by atoms with Crippen LogP contribution in [0, 0.1) is 0 Å². The quantitative estimate of drug-likeness (QED) is 0.751. The molecule has 0 aromatic rings. The van der Waals surface area contributed by atoms with Gasteiger partial charge in [-0.15, -0.1) is 0 Å². The summed E-state index contributed by atoms with van der Waals surface area (Å²) in [7, 11) is 0.945. The molecule has 0 unspecified atom stereocenters. The van der Waals surface area contributed by atoms with Crippen LogP contribution in [0.4, 0.5) is 30.7 Å². The molecule has 0 aromatic carbocycles. The molecule has 0 aliphatic carbocycles. The van der Waals surface area contributed by atoms with Crippen LogP contribution in [-0.4, -0.2) is 43.3 Å². The molecular weight excluding hydrogens is 289 g/mol. The fraction of sp³-hybridized carbons (Fsp3) is 0.889. The van der Waals surface area contributed by atoms with Gasteiger partial charge in [0.1, 0.15) is 11.9 Å². The van der Waals surface area contributed by atoms with Crippen molar-refractivity contribution in [3.05, 3.63) is 0 Å². The lowest BCUT2D eigenvalue weighted by atomic mass is 9.97. The van der Waals surface area contributed by atoms with Crippen molar-refractivity contribution in [1.29, 1.82) is 0 Å². The van der Waals surface area contributed by atoms with Gasteiger partial charge in [-0.05, 0) is 0 Å². The van der Waals surface area contributed by atoms with Gasteiger partial charge < -0.3 is 9.47 Å². The van der Waals surface area contributed by atoms with Crippen molar-refractivity contribution in [2.75, 3.05) is 7.11 Å². The van der Waals surface area contributed by atoms with Crippen LogP contribution < -0.4 is 0 Å². The Bertz CT molecular complexity index is 352. The van der Waals surface area contributed by atoms with Crippen LogP contribution in [-0.2, 0) is 14.3 Å². The first-order valence-corrected chi connectivity index (χ1v) is 4.95. The summed E-state index contributed by atoms with van der Waals surface area (Å²) >= 11 is 0. The SMILES string of the molecule is CO[C@H]1CC(=O)C[C@H](C(F)(F)C(F)(F)C(F)(F)F)O1. The number of alkyl halides is 7. The van der Waals surface area contributed by atoms with E-state index in [0.717, 1.165) is 7.11 Å². The Balaban J connectivity index is 3.02. The van der Waals surface area contributed by atoms with Crippen LogP contribution in [0.2, 0.25) is 0 Å². The summed E-state index contributed by atoms with van der Waals surface area (Å²) in [5, 5.41) is 0. The van der Waals surface area contributed by atoms with Gasteiger partial charge in [0.25, 0.3) is 0 Å². The molecule has 1 saturated heterocycles. The first-order chi connectivity index (χ1) is 8.43. The fourth-order valence-corrected chi connectivity index (χ4v) is 1.50. The molecule has 1 aliphatic rings. The van der Waals surface area contributed by atoms with Gasteiger partial charge in [0.2, 0.25) is 0 Å². The van der Waals surface area contributed by atoms with Crippen LogP contribution in [0.25, 0.3) is 0 Å². The summed E-state index contributed by atoms with van der Waals surface area (Å²) in [6.45, 7) is 0. The average molecular weight is 298 g/mol. The number of ether oxygens (including phenoxy) is 2. The van der Waals surface area contributed by atoms with E-state index in [2.05, 4.69) is 9.47 Å². The smallest absolute Gasteiger partial charge is 0.355 e. The monoisotopic (exact) mass is 298 g/mol. The summed E-state index contributed by atoms with van der Waals surface area (Å²) in [6.07, 6.45) is -12.6. The molecule has 0 aromatic heterocycles. The van der Waals surface area contributed by atoms with Crippen LogP contribution in [0.3, 0.4) is 0 Å². The molecule has 1 rings (SSSR count). The van der Waals surface area contributed by atoms with E-state index in [4.69, 9.17) is 0 Å². The number of carbonyl (C=O) groups excluding carboxylic acids is 1. The van der Waals surface area contributed by atoms with Crippen LogP contribution in [0.1, 0.15) is 12.8 Å². The summed E-state index contributed by atoms with van der Waals surface area (Å²) in [4.78, 5) is 11.0. The van der Waals surface area contributed by atoms with E-state index in [0.29, 0.717) is 0 Å². The molecule has 0 N–H and O–H groups in total. The molecule has 1 aliphatic heterocycles.